The SMILES string of the molecule is CCNCc1cccc(NC(=O)c2cn(C)cn2)c1. The number of imidazole rings is 1. The van der Waals surface area contributed by atoms with Gasteiger partial charge in [0, 0.05) is 25.5 Å². The number of nitrogens with one attached hydrogen (secondary N) is 2. The van der Waals surface area contributed by atoms with Gasteiger partial charge >= 0.3 is 0 Å². The summed E-state index contributed by atoms with van der Waals surface area (Å²) in [5, 5.41) is 6.10. The molecule has 5 nitrogen and oxygen atoms in total. The summed E-state index contributed by atoms with van der Waals surface area (Å²) in [5.41, 5.74) is 2.34. The Bertz CT molecular complexity index is 562. The first kappa shape index (κ1) is 13.3. The Morgan fingerprint density at radius 2 is 2.26 bits per heavy atom. The van der Waals surface area contributed by atoms with Crippen LogP contribution >= 0.6 is 0 Å². The van der Waals surface area contributed by atoms with E-state index in [9.17, 15) is 4.79 Å². The quantitative estimate of drug-likeness (QED) is 0.859. The van der Waals surface area contributed by atoms with E-state index in [-0.39, 0.29) is 5.91 Å². The van der Waals surface area contributed by atoms with Gasteiger partial charge in [-0.25, -0.2) is 4.98 Å². The predicted molar refractivity (Wildman–Crippen MR) is 75.0 cm³/mol. The van der Waals surface area contributed by atoms with E-state index in [0.717, 1.165) is 24.3 Å². The van der Waals surface area contributed by atoms with Gasteiger partial charge in [0.05, 0.1) is 6.33 Å². The van der Waals surface area contributed by atoms with Crippen LogP contribution in [0.25, 0.3) is 0 Å². The van der Waals surface area contributed by atoms with Crippen molar-refractivity contribution in [1.29, 1.82) is 0 Å². The van der Waals surface area contributed by atoms with Crippen LogP contribution in [0.15, 0.2) is 36.8 Å². The highest BCUT2D eigenvalue weighted by Crippen LogP contribution is 2.11. The Labute approximate surface area is 112 Å². The Hall–Kier alpha value is -2.14. The van der Waals surface area contributed by atoms with Crippen LogP contribution in [0, 0.1) is 0 Å². The maximum atomic E-state index is 12.0. The molecule has 1 amide bonds. The van der Waals surface area contributed by atoms with Crippen molar-refractivity contribution in [3.05, 3.63) is 48.0 Å². The van der Waals surface area contributed by atoms with Crippen molar-refractivity contribution >= 4 is 11.6 Å². The third-order valence-corrected chi connectivity index (χ3v) is 2.70. The van der Waals surface area contributed by atoms with Gasteiger partial charge in [0.25, 0.3) is 5.91 Å². The second kappa shape index (κ2) is 6.15. The molecule has 2 aromatic rings. The monoisotopic (exact) mass is 258 g/mol. The smallest absolute Gasteiger partial charge is 0.275 e. The number of aryl methyl sites for hydroxylation is 1. The number of aromatic nitrogens is 2. The van der Waals surface area contributed by atoms with E-state index in [4.69, 9.17) is 0 Å². The van der Waals surface area contributed by atoms with Crippen LogP contribution in [-0.4, -0.2) is 22.0 Å². The van der Waals surface area contributed by atoms with Crippen molar-refractivity contribution < 1.29 is 4.79 Å². The highest BCUT2D eigenvalue weighted by Gasteiger charge is 2.08. The Balaban J connectivity index is 2.04. The standard InChI is InChI=1S/C14H18N4O/c1-3-15-8-11-5-4-6-12(7-11)17-14(19)13-9-18(2)10-16-13/h4-7,9-10,15H,3,8H2,1-2H3,(H,17,19). The molecule has 1 aromatic carbocycles. The molecule has 100 valence electrons. The van der Waals surface area contributed by atoms with Gasteiger partial charge in [-0.05, 0) is 24.2 Å². The van der Waals surface area contributed by atoms with Gasteiger partial charge in [-0.3, -0.25) is 4.79 Å². The molecule has 0 saturated heterocycles. The number of amides is 1. The average Bonchev–Trinajstić information content (AvgIpc) is 2.83. The number of hydrogen-bond acceptors (Lipinski definition) is 3. The lowest BCUT2D eigenvalue weighted by molar-refractivity contribution is 0.102. The third-order valence-electron chi connectivity index (χ3n) is 2.70. The van der Waals surface area contributed by atoms with E-state index in [1.165, 1.54) is 0 Å². The van der Waals surface area contributed by atoms with Crippen molar-refractivity contribution in [2.45, 2.75) is 13.5 Å². The summed E-state index contributed by atoms with van der Waals surface area (Å²) in [5.74, 6) is -0.193. The fourth-order valence-electron chi connectivity index (χ4n) is 1.75. The number of anilines is 1. The van der Waals surface area contributed by atoms with Crippen LogP contribution in [-0.2, 0) is 13.6 Å². The summed E-state index contributed by atoms with van der Waals surface area (Å²) in [6, 6.07) is 7.79. The number of rotatable bonds is 5. The largest absolute Gasteiger partial charge is 0.340 e. The van der Waals surface area contributed by atoms with Gasteiger partial charge in [0.15, 0.2) is 0 Å². The molecule has 5 heteroatoms. The fraction of sp³-hybridized carbons (Fsp3) is 0.286. The molecule has 0 radical (unpaired) electrons. The van der Waals surface area contributed by atoms with Gasteiger partial charge in [-0.15, -0.1) is 0 Å². The van der Waals surface area contributed by atoms with Crippen molar-refractivity contribution in [3.63, 3.8) is 0 Å². The van der Waals surface area contributed by atoms with Crippen LogP contribution in [0.2, 0.25) is 0 Å². The molecule has 2 rings (SSSR count). The molecule has 0 aliphatic heterocycles. The zero-order chi connectivity index (χ0) is 13.7. The van der Waals surface area contributed by atoms with Crippen LogP contribution in [0.1, 0.15) is 23.0 Å². The molecule has 2 N–H and O–H groups in total. The summed E-state index contributed by atoms with van der Waals surface area (Å²) < 4.78 is 1.75. The topological polar surface area (TPSA) is 58.9 Å². The highest BCUT2D eigenvalue weighted by molar-refractivity contribution is 6.02. The van der Waals surface area contributed by atoms with Crippen LogP contribution < -0.4 is 10.6 Å². The van der Waals surface area contributed by atoms with Gasteiger partial charge in [-0.1, -0.05) is 19.1 Å². The van der Waals surface area contributed by atoms with E-state index in [0.29, 0.717) is 5.69 Å². The number of carbonyl (C=O) groups is 1. The molecule has 19 heavy (non-hydrogen) atoms. The minimum atomic E-state index is -0.193. The van der Waals surface area contributed by atoms with Crippen LogP contribution in [0.4, 0.5) is 5.69 Å². The minimum Gasteiger partial charge on any atom is -0.340 e. The van der Waals surface area contributed by atoms with Crippen molar-refractivity contribution in [2.24, 2.45) is 7.05 Å². The minimum absolute atomic E-state index is 0.193. The molecule has 0 unspecified atom stereocenters. The maximum Gasteiger partial charge on any atom is 0.275 e. The Morgan fingerprint density at radius 3 is 2.95 bits per heavy atom. The zero-order valence-electron chi connectivity index (χ0n) is 11.2. The molecule has 0 spiro atoms. The Morgan fingerprint density at radius 1 is 1.42 bits per heavy atom. The van der Waals surface area contributed by atoms with Gasteiger partial charge < -0.3 is 15.2 Å². The van der Waals surface area contributed by atoms with Gasteiger partial charge in [0.1, 0.15) is 5.69 Å². The third kappa shape index (κ3) is 3.66. The first-order chi connectivity index (χ1) is 9.19. The first-order valence-electron chi connectivity index (χ1n) is 6.28. The van der Waals surface area contributed by atoms with Crippen LogP contribution in [0.3, 0.4) is 0 Å². The zero-order valence-corrected chi connectivity index (χ0v) is 11.2. The average molecular weight is 258 g/mol. The molecular formula is C14H18N4O. The summed E-state index contributed by atoms with van der Waals surface area (Å²) in [6.07, 6.45) is 3.30. The Kier molecular flexibility index (Phi) is 4.30. The molecule has 0 bridgehead atoms. The first-order valence-corrected chi connectivity index (χ1v) is 6.28. The van der Waals surface area contributed by atoms with Gasteiger partial charge in [0.2, 0.25) is 0 Å². The predicted octanol–water partition coefficient (Wildman–Crippen LogP) is 1.78. The second-order valence-corrected chi connectivity index (χ2v) is 4.36. The number of benzene rings is 1. The summed E-state index contributed by atoms with van der Waals surface area (Å²) in [6.45, 7) is 3.78. The number of hydrogen-bond donors (Lipinski definition) is 2. The van der Waals surface area contributed by atoms with Crippen molar-refractivity contribution in [2.75, 3.05) is 11.9 Å². The van der Waals surface area contributed by atoms with Crippen molar-refractivity contribution in [1.82, 2.24) is 14.9 Å². The highest BCUT2D eigenvalue weighted by atomic mass is 16.1. The summed E-state index contributed by atoms with van der Waals surface area (Å²) in [4.78, 5) is 16.0. The summed E-state index contributed by atoms with van der Waals surface area (Å²) in [7, 11) is 1.83. The molecule has 1 aromatic heterocycles. The fourth-order valence-corrected chi connectivity index (χ4v) is 1.75. The maximum absolute atomic E-state index is 12.0. The molecular weight excluding hydrogens is 240 g/mol. The molecule has 0 atom stereocenters. The van der Waals surface area contributed by atoms with Crippen molar-refractivity contribution in [3.8, 4) is 0 Å². The lowest BCUT2D eigenvalue weighted by Crippen LogP contribution is -2.14. The molecule has 0 saturated carbocycles. The van der Waals surface area contributed by atoms with E-state index in [1.54, 1.807) is 17.1 Å². The van der Waals surface area contributed by atoms with Gasteiger partial charge in [-0.2, -0.15) is 0 Å². The molecule has 1 heterocycles. The van der Waals surface area contributed by atoms with E-state index < -0.39 is 0 Å². The molecule has 0 aliphatic carbocycles. The summed E-state index contributed by atoms with van der Waals surface area (Å²) >= 11 is 0. The van der Waals surface area contributed by atoms with E-state index in [2.05, 4.69) is 22.5 Å². The molecule has 0 fully saturated rings. The van der Waals surface area contributed by atoms with Crippen LogP contribution in [0.5, 0.6) is 0 Å². The second-order valence-electron chi connectivity index (χ2n) is 4.36. The lowest BCUT2D eigenvalue weighted by atomic mass is 10.2. The number of carbonyl (C=O) groups excluding carboxylic acids is 1. The molecule has 0 aliphatic rings. The van der Waals surface area contributed by atoms with E-state index in [1.807, 2.05) is 31.3 Å². The normalized spacial score (nSPS) is 10.4. The van der Waals surface area contributed by atoms with E-state index >= 15 is 0 Å². The number of nitrogens with zero attached hydrogens (tertiary/aromatic N) is 2. The lowest BCUT2D eigenvalue weighted by Gasteiger charge is -2.06.